The molecule has 1 aromatic carbocycles. The second kappa shape index (κ2) is 7.31. The van der Waals surface area contributed by atoms with Crippen molar-refractivity contribution in [2.45, 2.75) is 20.3 Å². The van der Waals surface area contributed by atoms with E-state index in [-0.39, 0.29) is 35.5 Å². The number of hydrogen-bond acceptors (Lipinski definition) is 6. The number of hydrazone groups is 1. The molecule has 2 aliphatic carbocycles. The van der Waals surface area contributed by atoms with Gasteiger partial charge in [-0.2, -0.15) is 10.1 Å². The molecule has 1 saturated heterocycles. The minimum Gasteiger partial charge on any atom is -0.490 e. The Balaban J connectivity index is 1.59. The summed E-state index contributed by atoms with van der Waals surface area (Å²) in [6.07, 6.45) is 6.45. The van der Waals surface area contributed by atoms with E-state index in [1.165, 1.54) is 13.1 Å². The summed E-state index contributed by atoms with van der Waals surface area (Å²) in [5.41, 5.74) is 0.641. The Morgan fingerprint density at radius 1 is 1.25 bits per heavy atom. The molecule has 0 radical (unpaired) electrons. The van der Waals surface area contributed by atoms with Gasteiger partial charge in [0.05, 0.1) is 28.2 Å². The summed E-state index contributed by atoms with van der Waals surface area (Å²) in [5.74, 6) is -0.375. The maximum absolute atomic E-state index is 12.7. The minimum absolute atomic E-state index is 0.153. The number of hydrogen-bond donors (Lipinski definition) is 0. The molecule has 4 unspecified atom stereocenters. The Morgan fingerprint density at radius 2 is 1.89 bits per heavy atom. The largest absolute Gasteiger partial charge is 0.490 e. The summed E-state index contributed by atoms with van der Waals surface area (Å²) in [6.45, 7) is 3.55. The molecule has 1 saturated carbocycles. The van der Waals surface area contributed by atoms with Crippen LogP contribution in [-0.4, -0.2) is 35.6 Å². The first-order chi connectivity index (χ1) is 13.4. The lowest BCUT2D eigenvalue weighted by Crippen LogP contribution is -2.28. The number of imide groups is 1. The van der Waals surface area contributed by atoms with Gasteiger partial charge in [-0.15, -0.1) is 0 Å². The van der Waals surface area contributed by atoms with Crippen molar-refractivity contribution in [3.05, 3.63) is 33.4 Å². The number of fused-ring (bicyclic) bond motifs is 5. The lowest BCUT2D eigenvalue weighted by molar-refractivity contribution is -0.140. The zero-order valence-corrected chi connectivity index (χ0v) is 17.6. The molecule has 2 bridgehead atoms. The van der Waals surface area contributed by atoms with Gasteiger partial charge in [-0.3, -0.25) is 14.4 Å². The van der Waals surface area contributed by atoms with Crippen molar-refractivity contribution in [2.24, 2.45) is 28.8 Å². The van der Waals surface area contributed by atoms with E-state index >= 15 is 0 Å². The average molecular weight is 494 g/mol. The minimum atomic E-state index is -0.441. The lowest BCUT2D eigenvalue weighted by Gasteiger charge is -2.13. The summed E-state index contributed by atoms with van der Waals surface area (Å²) in [6, 6.07) is 3.42. The maximum atomic E-state index is 12.7. The van der Waals surface area contributed by atoms with E-state index in [2.05, 4.69) is 17.3 Å². The van der Waals surface area contributed by atoms with Gasteiger partial charge in [-0.25, -0.2) is 0 Å². The molecule has 4 atom stereocenters. The molecule has 0 N–H and O–H groups in total. The number of carbonyl (C=O) groups is 3. The average Bonchev–Trinajstić information content (AvgIpc) is 3.31. The van der Waals surface area contributed by atoms with Crippen LogP contribution in [0.3, 0.4) is 0 Å². The number of benzene rings is 1. The van der Waals surface area contributed by atoms with Crippen LogP contribution < -0.4 is 9.47 Å². The molecule has 1 aliphatic heterocycles. The third kappa shape index (κ3) is 3.13. The van der Waals surface area contributed by atoms with Gasteiger partial charge in [0.25, 0.3) is 11.8 Å². The Labute approximate surface area is 175 Å². The van der Waals surface area contributed by atoms with Crippen LogP contribution in [0.5, 0.6) is 11.5 Å². The molecule has 28 heavy (non-hydrogen) atoms. The van der Waals surface area contributed by atoms with E-state index in [1.54, 1.807) is 12.1 Å². The monoisotopic (exact) mass is 494 g/mol. The Hall–Kier alpha value is -2.23. The number of nitrogens with zero attached hydrogens (tertiary/aromatic N) is 2. The molecule has 0 aromatic heterocycles. The number of esters is 1. The van der Waals surface area contributed by atoms with Crippen LogP contribution in [0.4, 0.5) is 0 Å². The van der Waals surface area contributed by atoms with E-state index in [9.17, 15) is 14.4 Å². The first-order valence-corrected chi connectivity index (χ1v) is 10.2. The van der Waals surface area contributed by atoms with Crippen LogP contribution in [0.25, 0.3) is 0 Å². The smallest absolute Gasteiger partial charge is 0.308 e. The van der Waals surface area contributed by atoms with Crippen LogP contribution in [0.1, 0.15) is 25.8 Å². The van der Waals surface area contributed by atoms with Crippen molar-refractivity contribution >= 4 is 46.6 Å². The van der Waals surface area contributed by atoms with E-state index in [1.807, 2.05) is 29.5 Å². The second-order valence-electron chi connectivity index (χ2n) is 7.09. The zero-order chi connectivity index (χ0) is 20.0. The molecule has 1 aromatic rings. The summed E-state index contributed by atoms with van der Waals surface area (Å²) in [7, 11) is 0. The number of amides is 2. The molecule has 7 nitrogen and oxygen atoms in total. The van der Waals surface area contributed by atoms with Crippen molar-refractivity contribution in [1.82, 2.24) is 5.01 Å². The molecule has 4 rings (SSSR count). The third-order valence-electron chi connectivity index (χ3n) is 5.35. The van der Waals surface area contributed by atoms with Gasteiger partial charge in [0.2, 0.25) is 0 Å². The first kappa shape index (κ1) is 19.1. The van der Waals surface area contributed by atoms with Crippen LogP contribution in [-0.2, 0) is 14.4 Å². The molecule has 3 aliphatic rings. The van der Waals surface area contributed by atoms with Crippen molar-refractivity contribution in [3.8, 4) is 11.5 Å². The number of ether oxygens (including phenoxy) is 2. The standard InChI is InChI=1S/C20H19IN2O5/c1-3-27-15-7-11(6-14(21)18(15)28-10(2)24)9-22-23-19(25)16-12-4-5-13(8-12)17(16)20(23)26/h4-7,9,12-13,16-17H,3,8H2,1-2H3. The molecular weight excluding hydrogens is 475 g/mol. The quantitative estimate of drug-likeness (QED) is 0.157. The summed E-state index contributed by atoms with van der Waals surface area (Å²) < 4.78 is 11.5. The molecule has 2 amide bonds. The summed E-state index contributed by atoms with van der Waals surface area (Å²) >= 11 is 2.04. The predicted molar refractivity (Wildman–Crippen MR) is 109 cm³/mol. The van der Waals surface area contributed by atoms with Gasteiger partial charge in [-0.1, -0.05) is 12.2 Å². The Bertz CT molecular complexity index is 895. The number of halogens is 1. The van der Waals surface area contributed by atoms with Crippen molar-refractivity contribution < 1.29 is 23.9 Å². The topological polar surface area (TPSA) is 85.3 Å². The molecule has 1 heterocycles. The van der Waals surface area contributed by atoms with E-state index in [0.717, 1.165) is 11.4 Å². The Morgan fingerprint density at radius 3 is 2.46 bits per heavy atom. The highest BCUT2D eigenvalue weighted by Crippen LogP contribution is 2.52. The fourth-order valence-corrected chi connectivity index (χ4v) is 5.03. The van der Waals surface area contributed by atoms with E-state index < -0.39 is 5.97 Å². The number of rotatable bonds is 5. The molecular formula is C20H19IN2O5. The van der Waals surface area contributed by atoms with Gasteiger partial charge in [0, 0.05) is 6.92 Å². The summed E-state index contributed by atoms with van der Waals surface area (Å²) in [5, 5.41) is 5.19. The van der Waals surface area contributed by atoms with Crippen LogP contribution in [0.15, 0.2) is 29.4 Å². The SMILES string of the molecule is CCOc1cc(C=NN2C(=O)C3C4C=CC(C4)C3C2=O)cc(I)c1OC(C)=O. The fourth-order valence-electron chi connectivity index (χ4n) is 4.29. The van der Waals surface area contributed by atoms with Crippen LogP contribution >= 0.6 is 22.6 Å². The first-order valence-electron chi connectivity index (χ1n) is 9.15. The van der Waals surface area contributed by atoms with E-state index in [0.29, 0.717) is 27.2 Å². The van der Waals surface area contributed by atoms with Gasteiger partial charge < -0.3 is 9.47 Å². The van der Waals surface area contributed by atoms with Crippen LogP contribution in [0, 0.1) is 27.2 Å². The highest BCUT2D eigenvalue weighted by Gasteiger charge is 2.59. The summed E-state index contributed by atoms with van der Waals surface area (Å²) in [4.78, 5) is 36.7. The maximum Gasteiger partial charge on any atom is 0.308 e. The Kier molecular flexibility index (Phi) is 4.98. The highest BCUT2D eigenvalue weighted by atomic mass is 127. The normalized spacial score (nSPS) is 27.8. The highest BCUT2D eigenvalue weighted by molar-refractivity contribution is 14.1. The van der Waals surface area contributed by atoms with Gasteiger partial charge in [-0.05, 0) is 65.5 Å². The lowest BCUT2D eigenvalue weighted by atomic mass is 9.85. The van der Waals surface area contributed by atoms with Crippen molar-refractivity contribution in [2.75, 3.05) is 6.61 Å². The van der Waals surface area contributed by atoms with Gasteiger partial charge in [0.15, 0.2) is 11.5 Å². The van der Waals surface area contributed by atoms with Crippen LogP contribution in [0.2, 0.25) is 0 Å². The molecule has 0 spiro atoms. The fraction of sp³-hybridized carbons (Fsp3) is 0.400. The van der Waals surface area contributed by atoms with Gasteiger partial charge in [0.1, 0.15) is 0 Å². The van der Waals surface area contributed by atoms with Crippen molar-refractivity contribution in [3.63, 3.8) is 0 Å². The van der Waals surface area contributed by atoms with E-state index in [4.69, 9.17) is 9.47 Å². The molecule has 146 valence electrons. The molecule has 8 heteroatoms. The van der Waals surface area contributed by atoms with Crippen molar-refractivity contribution in [1.29, 1.82) is 0 Å². The second-order valence-corrected chi connectivity index (χ2v) is 8.25. The third-order valence-corrected chi connectivity index (χ3v) is 6.15. The number of allylic oxidation sites excluding steroid dienone is 2. The predicted octanol–water partition coefficient (Wildman–Crippen LogP) is 2.76. The zero-order valence-electron chi connectivity index (χ0n) is 15.4. The number of carbonyl (C=O) groups excluding carboxylic acids is 3. The molecule has 2 fully saturated rings. The van der Waals surface area contributed by atoms with Gasteiger partial charge >= 0.3 is 5.97 Å².